The van der Waals surface area contributed by atoms with Crippen molar-refractivity contribution in [1.82, 2.24) is 9.55 Å². The number of aromatic nitrogens is 2. The highest BCUT2D eigenvalue weighted by atomic mass is 16.5. The molecule has 0 saturated carbocycles. The molecule has 4 N–H and O–H groups in total. The van der Waals surface area contributed by atoms with Crippen LogP contribution in [-0.4, -0.2) is 33.3 Å². The van der Waals surface area contributed by atoms with E-state index in [0.29, 0.717) is 0 Å². The molecular weight excluding hydrogens is 282 g/mol. The van der Waals surface area contributed by atoms with E-state index in [-0.39, 0.29) is 29.7 Å². The van der Waals surface area contributed by atoms with Gasteiger partial charge in [-0.15, -0.1) is 0 Å². The maximum Gasteiger partial charge on any atom is 0.404 e. The first-order valence-electron chi connectivity index (χ1n) is 5.83. The van der Waals surface area contributed by atoms with Gasteiger partial charge in [0.15, 0.2) is 0 Å². The van der Waals surface area contributed by atoms with Crippen LogP contribution in [0.4, 0.5) is 4.79 Å². The molecule has 1 heterocycles. The summed E-state index contributed by atoms with van der Waals surface area (Å²) in [5.74, 6) is -1.24. The number of carbonyl (C=O) groups excluding carboxylic acids is 1. The number of nitrogens with two attached hydrogens (primary N) is 1. The Kier molecular flexibility index (Phi) is 3.74. The zero-order valence-corrected chi connectivity index (χ0v) is 10.7. The fourth-order valence-electron chi connectivity index (χ4n) is 1.93. The number of para-hydroxylation sites is 1. The molecule has 1 amide bonds. The summed E-state index contributed by atoms with van der Waals surface area (Å²) in [6, 6.07) is 4.22. The third-order valence-corrected chi connectivity index (χ3v) is 2.80. The number of amides is 1. The second kappa shape index (κ2) is 5.49. The molecule has 21 heavy (non-hydrogen) atoms. The van der Waals surface area contributed by atoms with Crippen LogP contribution >= 0.6 is 0 Å². The Balaban J connectivity index is 2.63. The van der Waals surface area contributed by atoms with Crippen LogP contribution in [-0.2, 0) is 11.3 Å². The number of nitrogens with one attached hydrogen (secondary N) is 1. The first-order valence-corrected chi connectivity index (χ1v) is 5.83. The number of H-pyrrole nitrogens is 1. The SMILES string of the molecule is NC(=O)OCCn1c(=O)c(=O)[nH]c2c(C(=O)O)cccc21. The summed E-state index contributed by atoms with van der Waals surface area (Å²) in [4.78, 5) is 47.3. The van der Waals surface area contributed by atoms with Crippen LogP contribution in [0.1, 0.15) is 10.4 Å². The number of ether oxygens (including phenoxy) is 1. The van der Waals surface area contributed by atoms with Crippen LogP contribution in [0.15, 0.2) is 27.8 Å². The number of aromatic carboxylic acids is 1. The fraction of sp³-hybridized carbons (Fsp3) is 0.167. The van der Waals surface area contributed by atoms with Crippen LogP contribution in [0.5, 0.6) is 0 Å². The van der Waals surface area contributed by atoms with Crippen LogP contribution in [0.25, 0.3) is 11.0 Å². The molecule has 1 aromatic carbocycles. The second-order valence-corrected chi connectivity index (χ2v) is 4.08. The topological polar surface area (TPSA) is 144 Å². The quantitative estimate of drug-likeness (QED) is 0.647. The minimum Gasteiger partial charge on any atom is -0.478 e. The van der Waals surface area contributed by atoms with Gasteiger partial charge >= 0.3 is 23.2 Å². The van der Waals surface area contributed by atoms with E-state index in [0.717, 1.165) is 4.57 Å². The predicted molar refractivity (Wildman–Crippen MR) is 71.3 cm³/mol. The number of carbonyl (C=O) groups is 2. The molecule has 9 nitrogen and oxygen atoms in total. The van der Waals surface area contributed by atoms with Crippen molar-refractivity contribution in [2.24, 2.45) is 5.73 Å². The Morgan fingerprint density at radius 3 is 2.67 bits per heavy atom. The predicted octanol–water partition coefficient (Wildman–Crippen LogP) is -0.517. The molecule has 2 rings (SSSR count). The smallest absolute Gasteiger partial charge is 0.404 e. The molecule has 0 aliphatic heterocycles. The Labute approximate surface area is 116 Å². The van der Waals surface area contributed by atoms with Crippen molar-refractivity contribution in [3.05, 3.63) is 44.5 Å². The number of carboxylic acids is 1. The highest BCUT2D eigenvalue weighted by Gasteiger charge is 2.14. The van der Waals surface area contributed by atoms with Gasteiger partial charge in [0.2, 0.25) is 0 Å². The Morgan fingerprint density at radius 1 is 1.33 bits per heavy atom. The van der Waals surface area contributed by atoms with Crippen LogP contribution in [0, 0.1) is 0 Å². The van der Waals surface area contributed by atoms with Crippen molar-refractivity contribution >= 4 is 23.1 Å². The van der Waals surface area contributed by atoms with Crippen LogP contribution in [0.2, 0.25) is 0 Å². The Morgan fingerprint density at radius 2 is 2.05 bits per heavy atom. The minimum absolute atomic E-state index is 0.0219. The number of fused-ring (bicyclic) bond motifs is 1. The molecule has 0 aliphatic carbocycles. The molecule has 0 unspecified atom stereocenters. The largest absolute Gasteiger partial charge is 0.478 e. The lowest BCUT2D eigenvalue weighted by molar-refractivity contribution is 0.0698. The zero-order valence-electron chi connectivity index (χ0n) is 10.7. The number of rotatable bonds is 4. The first-order chi connectivity index (χ1) is 9.91. The van der Waals surface area contributed by atoms with Gasteiger partial charge in [-0.2, -0.15) is 0 Å². The van der Waals surface area contributed by atoms with E-state index in [4.69, 9.17) is 10.8 Å². The number of hydrogen-bond donors (Lipinski definition) is 3. The molecule has 0 aliphatic rings. The molecule has 0 atom stereocenters. The van der Waals surface area contributed by atoms with Gasteiger partial charge in [0, 0.05) is 0 Å². The van der Waals surface area contributed by atoms with E-state index in [1.807, 2.05) is 0 Å². The van der Waals surface area contributed by atoms with Crippen molar-refractivity contribution in [2.45, 2.75) is 6.54 Å². The lowest BCUT2D eigenvalue weighted by atomic mass is 10.1. The average molecular weight is 293 g/mol. The van der Waals surface area contributed by atoms with Crippen molar-refractivity contribution in [1.29, 1.82) is 0 Å². The molecule has 0 spiro atoms. The number of benzene rings is 1. The number of primary amides is 1. The van der Waals surface area contributed by atoms with E-state index in [1.54, 1.807) is 0 Å². The van der Waals surface area contributed by atoms with E-state index in [2.05, 4.69) is 9.72 Å². The third-order valence-electron chi connectivity index (χ3n) is 2.80. The highest BCUT2D eigenvalue weighted by molar-refractivity contribution is 6.00. The molecule has 0 radical (unpaired) electrons. The molecule has 9 heteroatoms. The van der Waals surface area contributed by atoms with Gasteiger partial charge in [0.05, 0.1) is 23.1 Å². The number of aromatic amines is 1. The van der Waals surface area contributed by atoms with Gasteiger partial charge in [-0.1, -0.05) is 6.07 Å². The Bertz CT molecular complexity index is 835. The van der Waals surface area contributed by atoms with Crippen molar-refractivity contribution < 1.29 is 19.4 Å². The van der Waals surface area contributed by atoms with E-state index in [1.165, 1.54) is 18.2 Å². The van der Waals surface area contributed by atoms with E-state index < -0.39 is 23.2 Å². The van der Waals surface area contributed by atoms with Gasteiger partial charge in [-0.3, -0.25) is 14.2 Å². The maximum atomic E-state index is 11.8. The molecule has 110 valence electrons. The van der Waals surface area contributed by atoms with Crippen LogP contribution < -0.4 is 16.9 Å². The average Bonchev–Trinajstić information content (AvgIpc) is 2.42. The fourth-order valence-corrected chi connectivity index (χ4v) is 1.93. The van der Waals surface area contributed by atoms with Crippen molar-refractivity contribution in [3.8, 4) is 0 Å². The number of nitrogens with zero attached hydrogens (tertiary/aromatic N) is 1. The standard InChI is InChI=1S/C12H11N3O6/c13-12(20)21-5-4-15-7-3-1-2-6(11(18)19)8(7)14-9(16)10(15)17/h1-3H,4-5H2,(H2,13,20)(H,14,16)(H,18,19). The van der Waals surface area contributed by atoms with Gasteiger partial charge in [-0.25, -0.2) is 9.59 Å². The van der Waals surface area contributed by atoms with Crippen LogP contribution in [0.3, 0.4) is 0 Å². The molecule has 0 fully saturated rings. The Hall–Kier alpha value is -3.10. The van der Waals surface area contributed by atoms with Gasteiger partial charge in [-0.05, 0) is 12.1 Å². The summed E-state index contributed by atoms with van der Waals surface area (Å²) in [7, 11) is 0. The van der Waals surface area contributed by atoms with Crippen molar-refractivity contribution in [3.63, 3.8) is 0 Å². The lowest BCUT2D eigenvalue weighted by Crippen LogP contribution is -2.37. The van der Waals surface area contributed by atoms with Gasteiger partial charge in [0.1, 0.15) is 6.61 Å². The molecule has 1 aromatic heterocycles. The summed E-state index contributed by atoms with van der Waals surface area (Å²) >= 11 is 0. The van der Waals surface area contributed by atoms with E-state index >= 15 is 0 Å². The zero-order chi connectivity index (χ0) is 15.6. The van der Waals surface area contributed by atoms with Gasteiger partial charge < -0.3 is 20.6 Å². The summed E-state index contributed by atoms with van der Waals surface area (Å²) in [6.07, 6.45) is -1.01. The maximum absolute atomic E-state index is 11.8. The second-order valence-electron chi connectivity index (χ2n) is 4.08. The molecular formula is C12H11N3O6. The van der Waals surface area contributed by atoms with Crippen molar-refractivity contribution in [2.75, 3.05) is 6.61 Å². The number of hydrogen-bond acceptors (Lipinski definition) is 5. The summed E-state index contributed by atoms with van der Waals surface area (Å²) < 4.78 is 5.55. The lowest BCUT2D eigenvalue weighted by Gasteiger charge is -2.10. The summed E-state index contributed by atoms with van der Waals surface area (Å²) in [6.45, 7) is -0.337. The molecule has 0 saturated heterocycles. The highest BCUT2D eigenvalue weighted by Crippen LogP contribution is 2.14. The normalized spacial score (nSPS) is 10.5. The van der Waals surface area contributed by atoms with Gasteiger partial charge in [0.25, 0.3) is 0 Å². The third kappa shape index (κ3) is 2.76. The minimum atomic E-state index is -1.24. The monoisotopic (exact) mass is 293 g/mol. The number of carboxylic acid groups (broad SMARTS) is 1. The summed E-state index contributed by atoms with van der Waals surface area (Å²) in [5.41, 5.74) is 3.06. The summed E-state index contributed by atoms with van der Waals surface area (Å²) in [5, 5.41) is 9.09. The van der Waals surface area contributed by atoms with E-state index in [9.17, 15) is 19.2 Å². The first kappa shape index (κ1) is 14.3. The molecule has 2 aromatic rings. The molecule has 0 bridgehead atoms.